The summed E-state index contributed by atoms with van der Waals surface area (Å²) >= 11 is 1.51. The first-order chi connectivity index (χ1) is 6.84. The number of hydrogen-bond acceptors (Lipinski definition) is 4. The van der Waals surface area contributed by atoms with Crippen molar-refractivity contribution < 1.29 is 4.74 Å². The second-order valence-corrected chi connectivity index (χ2v) is 4.47. The van der Waals surface area contributed by atoms with Crippen molar-refractivity contribution in [1.82, 2.24) is 9.69 Å². The SMILES string of the molecule is CC1CC(NCc2cnsc2)CCO1. The standard InChI is InChI=1S/C10H16N2OS/c1-8-4-10(2-3-13-8)11-5-9-6-12-14-7-9/h6-8,10-11H,2-5H2,1H3. The van der Waals surface area contributed by atoms with Gasteiger partial charge in [-0.1, -0.05) is 0 Å². The van der Waals surface area contributed by atoms with Gasteiger partial charge in [0.25, 0.3) is 0 Å². The third-order valence-corrected chi connectivity index (χ3v) is 3.20. The van der Waals surface area contributed by atoms with Gasteiger partial charge in [-0.05, 0) is 36.9 Å². The Balaban J connectivity index is 1.75. The van der Waals surface area contributed by atoms with E-state index in [1.54, 1.807) is 0 Å². The minimum atomic E-state index is 0.404. The zero-order valence-corrected chi connectivity index (χ0v) is 9.22. The third-order valence-electron chi connectivity index (χ3n) is 2.56. The Morgan fingerprint density at radius 3 is 3.36 bits per heavy atom. The lowest BCUT2D eigenvalue weighted by atomic mass is 10.0. The van der Waals surface area contributed by atoms with Gasteiger partial charge in [-0.15, -0.1) is 0 Å². The van der Waals surface area contributed by atoms with Gasteiger partial charge in [0.2, 0.25) is 0 Å². The van der Waals surface area contributed by atoms with Crippen molar-refractivity contribution in [1.29, 1.82) is 0 Å². The molecule has 2 heterocycles. The molecule has 0 bridgehead atoms. The topological polar surface area (TPSA) is 34.2 Å². The Bertz CT molecular complexity index is 263. The number of nitrogens with zero attached hydrogens (tertiary/aromatic N) is 1. The van der Waals surface area contributed by atoms with E-state index in [2.05, 4.69) is 22.0 Å². The van der Waals surface area contributed by atoms with Gasteiger partial charge in [0, 0.05) is 30.8 Å². The predicted octanol–water partition coefficient (Wildman–Crippen LogP) is 1.80. The second kappa shape index (κ2) is 4.87. The van der Waals surface area contributed by atoms with Crippen molar-refractivity contribution in [2.24, 2.45) is 0 Å². The Morgan fingerprint density at radius 1 is 1.71 bits per heavy atom. The van der Waals surface area contributed by atoms with Gasteiger partial charge in [0.15, 0.2) is 0 Å². The summed E-state index contributed by atoms with van der Waals surface area (Å²) in [6, 6.07) is 0.610. The summed E-state index contributed by atoms with van der Waals surface area (Å²) in [4.78, 5) is 0. The molecule has 0 radical (unpaired) electrons. The van der Waals surface area contributed by atoms with Crippen molar-refractivity contribution in [2.45, 2.75) is 38.5 Å². The molecule has 1 saturated heterocycles. The lowest BCUT2D eigenvalue weighted by Gasteiger charge is -2.27. The molecule has 0 saturated carbocycles. The summed E-state index contributed by atoms with van der Waals surface area (Å²) in [6.07, 6.45) is 4.58. The zero-order chi connectivity index (χ0) is 9.80. The molecule has 2 rings (SSSR count). The van der Waals surface area contributed by atoms with E-state index < -0.39 is 0 Å². The van der Waals surface area contributed by atoms with E-state index in [-0.39, 0.29) is 0 Å². The minimum absolute atomic E-state index is 0.404. The van der Waals surface area contributed by atoms with Crippen LogP contribution in [0.4, 0.5) is 0 Å². The smallest absolute Gasteiger partial charge is 0.0561 e. The highest BCUT2D eigenvalue weighted by molar-refractivity contribution is 7.03. The summed E-state index contributed by atoms with van der Waals surface area (Å²) in [7, 11) is 0. The fraction of sp³-hybridized carbons (Fsp3) is 0.700. The molecule has 1 fully saturated rings. The molecule has 0 spiro atoms. The van der Waals surface area contributed by atoms with Crippen LogP contribution in [0.3, 0.4) is 0 Å². The summed E-state index contributed by atoms with van der Waals surface area (Å²) in [5.41, 5.74) is 1.29. The third kappa shape index (κ3) is 2.77. The Kier molecular flexibility index (Phi) is 3.50. The van der Waals surface area contributed by atoms with Crippen LogP contribution in [0.1, 0.15) is 25.3 Å². The van der Waals surface area contributed by atoms with Crippen LogP contribution in [0.15, 0.2) is 11.6 Å². The van der Waals surface area contributed by atoms with Crippen molar-refractivity contribution in [3.63, 3.8) is 0 Å². The summed E-state index contributed by atoms with van der Waals surface area (Å²) in [6.45, 7) is 3.97. The molecule has 2 unspecified atom stereocenters. The number of aromatic nitrogens is 1. The average molecular weight is 212 g/mol. The van der Waals surface area contributed by atoms with Crippen LogP contribution >= 0.6 is 11.5 Å². The van der Waals surface area contributed by atoms with Crippen LogP contribution in [0, 0.1) is 0 Å². The van der Waals surface area contributed by atoms with Gasteiger partial charge in [0.1, 0.15) is 0 Å². The van der Waals surface area contributed by atoms with Crippen LogP contribution < -0.4 is 5.32 Å². The minimum Gasteiger partial charge on any atom is -0.378 e. The van der Waals surface area contributed by atoms with E-state index in [0.29, 0.717) is 12.1 Å². The number of ether oxygens (including phenoxy) is 1. The zero-order valence-electron chi connectivity index (χ0n) is 8.40. The monoisotopic (exact) mass is 212 g/mol. The quantitative estimate of drug-likeness (QED) is 0.829. The highest BCUT2D eigenvalue weighted by Gasteiger charge is 2.18. The van der Waals surface area contributed by atoms with E-state index in [4.69, 9.17) is 4.74 Å². The maximum atomic E-state index is 5.49. The van der Waals surface area contributed by atoms with Crippen molar-refractivity contribution in [3.05, 3.63) is 17.1 Å². The van der Waals surface area contributed by atoms with Gasteiger partial charge in [-0.2, -0.15) is 0 Å². The Hall–Kier alpha value is -0.450. The molecule has 0 aliphatic carbocycles. The van der Waals surface area contributed by atoms with Gasteiger partial charge in [-0.3, -0.25) is 0 Å². The largest absolute Gasteiger partial charge is 0.378 e. The molecule has 0 aromatic carbocycles. The maximum Gasteiger partial charge on any atom is 0.0561 e. The molecular weight excluding hydrogens is 196 g/mol. The molecule has 1 aliphatic heterocycles. The molecule has 1 N–H and O–H groups in total. The lowest BCUT2D eigenvalue weighted by molar-refractivity contribution is 0.0130. The molecular formula is C10H16N2OS. The first-order valence-electron chi connectivity index (χ1n) is 5.08. The first-order valence-corrected chi connectivity index (χ1v) is 5.91. The van der Waals surface area contributed by atoms with E-state index in [1.165, 1.54) is 17.1 Å². The van der Waals surface area contributed by atoms with Crippen LogP contribution in [-0.2, 0) is 11.3 Å². The number of hydrogen-bond donors (Lipinski definition) is 1. The molecule has 1 aromatic heterocycles. The lowest BCUT2D eigenvalue weighted by Crippen LogP contribution is -2.37. The fourth-order valence-electron chi connectivity index (χ4n) is 1.76. The molecule has 1 aliphatic rings. The summed E-state index contributed by atoms with van der Waals surface area (Å²) in [5.74, 6) is 0. The van der Waals surface area contributed by atoms with E-state index in [9.17, 15) is 0 Å². The van der Waals surface area contributed by atoms with Crippen LogP contribution in [0.25, 0.3) is 0 Å². The van der Waals surface area contributed by atoms with Gasteiger partial charge in [0.05, 0.1) is 6.10 Å². The van der Waals surface area contributed by atoms with Crippen LogP contribution in [0.2, 0.25) is 0 Å². The van der Waals surface area contributed by atoms with Crippen LogP contribution in [0.5, 0.6) is 0 Å². The summed E-state index contributed by atoms with van der Waals surface area (Å²) < 4.78 is 9.57. The summed E-state index contributed by atoms with van der Waals surface area (Å²) in [5, 5.41) is 5.63. The normalized spacial score (nSPS) is 27.8. The van der Waals surface area contributed by atoms with Crippen molar-refractivity contribution >= 4 is 11.5 Å². The highest BCUT2D eigenvalue weighted by Crippen LogP contribution is 2.13. The van der Waals surface area contributed by atoms with Crippen LogP contribution in [-0.4, -0.2) is 23.1 Å². The molecule has 1 aromatic rings. The highest BCUT2D eigenvalue weighted by atomic mass is 32.1. The Morgan fingerprint density at radius 2 is 2.64 bits per heavy atom. The average Bonchev–Trinajstić information content (AvgIpc) is 2.67. The molecule has 4 heteroatoms. The Labute approximate surface area is 88.6 Å². The number of rotatable bonds is 3. The fourth-order valence-corrected chi connectivity index (χ4v) is 2.30. The molecule has 2 atom stereocenters. The van der Waals surface area contributed by atoms with E-state index in [1.807, 2.05) is 6.20 Å². The molecule has 3 nitrogen and oxygen atoms in total. The predicted molar refractivity (Wildman–Crippen MR) is 57.4 cm³/mol. The number of nitrogens with one attached hydrogen (secondary N) is 1. The molecule has 14 heavy (non-hydrogen) atoms. The van der Waals surface area contributed by atoms with E-state index >= 15 is 0 Å². The molecule has 0 amide bonds. The van der Waals surface area contributed by atoms with Crippen molar-refractivity contribution in [3.8, 4) is 0 Å². The second-order valence-electron chi connectivity index (χ2n) is 3.82. The van der Waals surface area contributed by atoms with Crippen molar-refractivity contribution in [2.75, 3.05) is 6.61 Å². The maximum absolute atomic E-state index is 5.49. The van der Waals surface area contributed by atoms with Gasteiger partial charge < -0.3 is 10.1 Å². The molecule has 78 valence electrons. The first kappa shape index (κ1) is 10.1. The van der Waals surface area contributed by atoms with E-state index in [0.717, 1.165) is 26.0 Å². The van der Waals surface area contributed by atoms with Gasteiger partial charge in [-0.25, -0.2) is 4.37 Å². The van der Waals surface area contributed by atoms with Gasteiger partial charge >= 0.3 is 0 Å².